The predicted octanol–water partition coefficient (Wildman–Crippen LogP) is 2.50. The van der Waals surface area contributed by atoms with E-state index in [1.807, 2.05) is 6.08 Å². The second-order valence-corrected chi connectivity index (χ2v) is 3.98. The number of hydrogen-bond donors (Lipinski definition) is 1. The highest BCUT2D eigenvalue weighted by molar-refractivity contribution is 4.70. The van der Waals surface area contributed by atoms with Crippen molar-refractivity contribution in [2.24, 2.45) is 0 Å². The lowest BCUT2D eigenvalue weighted by molar-refractivity contribution is 0.0780. The van der Waals surface area contributed by atoms with Gasteiger partial charge in [-0.1, -0.05) is 12.5 Å². The summed E-state index contributed by atoms with van der Waals surface area (Å²) in [4.78, 5) is 0. The zero-order valence-corrected chi connectivity index (χ0v) is 9.13. The van der Waals surface area contributed by atoms with Gasteiger partial charge in [0.25, 0.3) is 0 Å². The minimum absolute atomic E-state index is 0.711. The first-order valence-corrected chi connectivity index (χ1v) is 5.85. The molecule has 1 aliphatic heterocycles. The summed E-state index contributed by atoms with van der Waals surface area (Å²) < 4.78 is 5.31. The van der Waals surface area contributed by atoms with E-state index in [2.05, 4.69) is 11.9 Å². The Morgan fingerprint density at radius 2 is 2.00 bits per heavy atom. The quantitative estimate of drug-likeness (QED) is 0.500. The summed E-state index contributed by atoms with van der Waals surface area (Å²) in [6.07, 6.45) is 9.45. The standard InChI is InChI=1S/C12H23NO/c1-2-3-4-5-6-9-13-12-7-10-14-11-8-12/h2,12-13H,1,3-11H2. The van der Waals surface area contributed by atoms with E-state index in [9.17, 15) is 0 Å². The SMILES string of the molecule is C=CCCCCCNC1CCOCC1. The summed E-state index contributed by atoms with van der Waals surface area (Å²) in [7, 11) is 0. The number of rotatable bonds is 7. The van der Waals surface area contributed by atoms with E-state index in [0.29, 0.717) is 6.04 Å². The van der Waals surface area contributed by atoms with Crippen molar-refractivity contribution in [3.05, 3.63) is 12.7 Å². The van der Waals surface area contributed by atoms with E-state index in [-0.39, 0.29) is 0 Å². The molecule has 1 rings (SSSR count). The van der Waals surface area contributed by atoms with E-state index in [1.54, 1.807) is 0 Å². The fourth-order valence-corrected chi connectivity index (χ4v) is 1.80. The Morgan fingerprint density at radius 1 is 1.21 bits per heavy atom. The molecule has 0 aromatic rings. The van der Waals surface area contributed by atoms with E-state index in [1.165, 1.54) is 38.6 Å². The van der Waals surface area contributed by atoms with Crippen LogP contribution in [-0.2, 0) is 4.74 Å². The Labute approximate surface area is 87.7 Å². The van der Waals surface area contributed by atoms with Gasteiger partial charge < -0.3 is 10.1 Å². The summed E-state index contributed by atoms with van der Waals surface area (Å²) in [6, 6.07) is 0.711. The van der Waals surface area contributed by atoms with Crippen molar-refractivity contribution in [2.45, 2.75) is 44.6 Å². The van der Waals surface area contributed by atoms with Gasteiger partial charge in [0, 0.05) is 19.3 Å². The minimum Gasteiger partial charge on any atom is -0.381 e. The van der Waals surface area contributed by atoms with E-state index < -0.39 is 0 Å². The van der Waals surface area contributed by atoms with Gasteiger partial charge in [0.1, 0.15) is 0 Å². The highest BCUT2D eigenvalue weighted by Crippen LogP contribution is 2.06. The molecule has 0 atom stereocenters. The van der Waals surface area contributed by atoms with Gasteiger partial charge in [0.05, 0.1) is 0 Å². The largest absolute Gasteiger partial charge is 0.381 e. The van der Waals surface area contributed by atoms with E-state index >= 15 is 0 Å². The molecule has 14 heavy (non-hydrogen) atoms. The van der Waals surface area contributed by atoms with Crippen molar-refractivity contribution in [1.29, 1.82) is 0 Å². The molecular weight excluding hydrogens is 174 g/mol. The summed E-state index contributed by atoms with van der Waals surface area (Å²) >= 11 is 0. The summed E-state index contributed by atoms with van der Waals surface area (Å²) in [6.45, 7) is 6.77. The van der Waals surface area contributed by atoms with Crippen molar-refractivity contribution in [2.75, 3.05) is 19.8 Å². The van der Waals surface area contributed by atoms with Crippen molar-refractivity contribution < 1.29 is 4.74 Å². The third kappa shape index (κ3) is 5.40. The van der Waals surface area contributed by atoms with Gasteiger partial charge in [-0.15, -0.1) is 6.58 Å². The molecule has 0 aromatic heterocycles. The van der Waals surface area contributed by atoms with Gasteiger partial charge >= 0.3 is 0 Å². The third-order valence-electron chi connectivity index (χ3n) is 2.74. The van der Waals surface area contributed by atoms with Crippen LogP contribution in [0.2, 0.25) is 0 Å². The van der Waals surface area contributed by atoms with Crippen LogP contribution >= 0.6 is 0 Å². The van der Waals surface area contributed by atoms with Crippen LogP contribution in [0.4, 0.5) is 0 Å². The van der Waals surface area contributed by atoms with Gasteiger partial charge in [-0.25, -0.2) is 0 Å². The molecule has 0 unspecified atom stereocenters. The normalized spacial score (nSPS) is 18.3. The van der Waals surface area contributed by atoms with E-state index in [0.717, 1.165) is 19.6 Å². The molecule has 2 heteroatoms. The molecule has 1 N–H and O–H groups in total. The van der Waals surface area contributed by atoms with Gasteiger partial charge in [0.15, 0.2) is 0 Å². The number of hydrogen-bond acceptors (Lipinski definition) is 2. The monoisotopic (exact) mass is 197 g/mol. The van der Waals surface area contributed by atoms with Crippen molar-refractivity contribution >= 4 is 0 Å². The third-order valence-corrected chi connectivity index (χ3v) is 2.74. The zero-order valence-electron chi connectivity index (χ0n) is 9.13. The first-order valence-electron chi connectivity index (χ1n) is 5.85. The van der Waals surface area contributed by atoms with Gasteiger partial charge in [-0.2, -0.15) is 0 Å². The number of unbranched alkanes of at least 4 members (excludes halogenated alkanes) is 3. The molecule has 1 heterocycles. The molecule has 1 aliphatic rings. The fraction of sp³-hybridized carbons (Fsp3) is 0.833. The molecule has 0 aliphatic carbocycles. The smallest absolute Gasteiger partial charge is 0.0480 e. The molecule has 0 radical (unpaired) electrons. The highest BCUT2D eigenvalue weighted by atomic mass is 16.5. The van der Waals surface area contributed by atoms with Crippen LogP contribution < -0.4 is 5.32 Å². The van der Waals surface area contributed by atoms with Crippen molar-refractivity contribution in [3.63, 3.8) is 0 Å². The molecule has 0 spiro atoms. The van der Waals surface area contributed by atoms with Crippen LogP contribution in [0.15, 0.2) is 12.7 Å². The Hall–Kier alpha value is -0.340. The number of allylic oxidation sites excluding steroid dienone is 1. The van der Waals surface area contributed by atoms with E-state index in [4.69, 9.17) is 4.74 Å². The maximum atomic E-state index is 5.31. The lowest BCUT2D eigenvalue weighted by Crippen LogP contribution is -2.35. The summed E-state index contributed by atoms with van der Waals surface area (Å²) in [5.41, 5.74) is 0. The second-order valence-electron chi connectivity index (χ2n) is 3.98. The van der Waals surface area contributed by atoms with Gasteiger partial charge in [-0.05, 0) is 38.6 Å². The average Bonchev–Trinajstić information content (AvgIpc) is 2.25. The van der Waals surface area contributed by atoms with Crippen LogP contribution in [0.3, 0.4) is 0 Å². The summed E-state index contributed by atoms with van der Waals surface area (Å²) in [5, 5.41) is 3.59. The molecular formula is C12H23NO. The predicted molar refractivity (Wildman–Crippen MR) is 60.5 cm³/mol. The fourth-order valence-electron chi connectivity index (χ4n) is 1.80. The minimum atomic E-state index is 0.711. The lowest BCUT2D eigenvalue weighted by atomic mass is 10.1. The van der Waals surface area contributed by atoms with Gasteiger partial charge in [-0.3, -0.25) is 0 Å². The van der Waals surface area contributed by atoms with Gasteiger partial charge in [0.2, 0.25) is 0 Å². The molecule has 0 amide bonds. The average molecular weight is 197 g/mol. The number of ether oxygens (including phenoxy) is 1. The molecule has 2 nitrogen and oxygen atoms in total. The lowest BCUT2D eigenvalue weighted by Gasteiger charge is -2.23. The molecule has 1 saturated heterocycles. The Kier molecular flexibility index (Phi) is 6.71. The first-order chi connectivity index (χ1) is 6.93. The zero-order chi connectivity index (χ0) is 10.1. The maximum absolute atomic E-state index is 5.31. The van der Waals surface area contributed by atoms with Crippen LogP contribution in [0, 0.1) is 0 Å². The van der Waals surface area contributed by atoms with Crippen molar-refractivity contribution in [1.82, 2.24) is 5.32 Å². The topological polar surface area (TPSA) is 21.3 Å². The molecule has 1 fully saturated rings. The van der Waals surface area contributed by atoms with Crippen LogP contribution in [0.1, 0.15) is 38.5 Å². The van der Waals surface area contributed by atoms with Crippen LogP contribution in [-0.4, -0.2) is 25.8 Å². The summed E-state index contributed by atoms with van der Waals surface area (Å²) in [5.74, 6) is 0. The number of nitrogens with one attached hydrogen (secondary N) is 1. The maximum Gasteiger partial charge on any atom is 0.0480 e. The first kappa shape index (κ1) is 11.7. The Balaban J connectivity index is 1.85. The van der Waals surface area contributed by atoms with Crippen LogP contribution in [0.25, 0.3) is 0 Å². The van der Waals surface area contributed by atoms with Crippen molar-refractivity contribution in [3.8, 4) is 0 Å². The molecule has 0 saturated carbocycles. The molecule has 0 bridgehead atoms. The van der Waals surface area contributed by atoms with Crippen LogP contribution in [0.5, 0.6) is 0 Å². The second kappa shape index (κ2) is 8.01. The molecule has 0 aromatic carbocycles. The Morgan fingerprint density at radius 3 is 2.71 bits per heavy atom. The Bertz CT molecular complexity index is 141. The molecule has 82 valence electrons. The highest BCUT2D eigenvalue weighted by Gasteiger charge is 2.11.